The van der Waals surface area contributed by atoms with Crippen molar-refractivity contribution in [1.29, 1.82) is 0 Å². The number of carbonyl (C=O) groups is 2. The van der Waals surface area contributed by atoms with Crippen LogP contribution in [-0.4, -0.2) is 17.0 Å². The Kier molecular flexibility index (Phi) is 5.04. The highest BCUT2D eigenvalue weighted by Gasteiger charge is 2.24. The van der Waals surface area contributed by atoms with E-state index in [1.165, 1.54) is 11.3 Å². The van der Waals surface area contributed by atoms with E-state index in [4.69, 9.17) is 33.5 Å². The number of rotatable bonds is 4. The van der Waals surface area contributed by atoms with Crippen LogP contribution < -0.4 is 11.1 Å². The summed E-state index contributed by atoms with van der Waals surface area (Å²) in [4.78, 5) is 24.6. The van der Waals surface area contributed by atoms with E-state index in [9.17, 15) is 9.59 Å². The Morgan fingerprint density at radius 3 is 2.50 bits per heavy atom. The number of nitrogens with two attached hydrogens (primary N) is 1. The van der Waals surface area contributed by atoms with Crippen molar-refractivity contribution in [3.63, 3.8) is 0 Å². The van der Waals surface area contributed by atoms with Gasteiger partial charge in [0.25, 0.3) is 11.8 Å². The predicted octanol–water partition coefficient (Wildman–Crippen LogP) is 4.68. The fraction of sp³-hybridized carbons (Fsp3) is 0.118. The van der Waals surface area contributed by atoms with Crippen molar-refractivity contribution in [3.8, 4) is 11.1 Å². The molecule has 3 N–H and O–H groups in total. The Bertz CT molecular complexity index is 1010. The topological polar surface area (TPSA) is 98.2 Å². The number of aromatic nitrogens is 1. The van der Waals surface area contributed by atoms with Crippen molar-refractivity contribution in [1.82, 2.24) is 5.16 Å². The summed E-state index contributed by atoms with van der Waals surface area (Å²) >= 11 is 13.3. The van der Waals surface area contributed by atoms with Gasteiger partial charge in [0.15, 0.2) is 0 Å². The SMILES string of the molecule is Cc1noc(C)c1C(=O)Nc1scc(-c2ccc(Cl)cc2Cl)c1C(N)=O. The van der Waals surface area contributed by atoms with Crippen molar-refractivity contribution in [2.45, 2.75) is 13.8 Å². The van der Waals surface area contributed by atoms with E-state index in [2.05, 4.69) is 10.5 Å². The second-order valence-corrected chi connectivity index (χ2v) is 7.22. The van der Waals surface area contributed by atoms with E-state index >= 15 is 0 Å². The fourth-order valence-corrected chi connectivity index (χ4v) is 4.04. The zero-order valence-corrected chi connectivity index (χ0v) is 16.1. The summed E-state index contributed by atoms with van der Waals surface area (Å²) in [6.45, 7) is 3.30. The molecule has 0 aliphatic carbocycles. The maximum atomic E-state index is 12.5. The van der Waals surface area contributed by atoms with E-state index in [-0.39, 0.29) is 5.56 Å². The molecule has 1 aromatic carbocycles. The quantitative estimate of drug-likeness (QED) is 0.653. The molecule has 3 aromatic rings. The summed E-state index contributed by atoms with van der Waals surface area (Å²) in [6.07, 6.45) is 0. The van der Waals surface area contributed by atoms with Gasteiger partial charge in [0.05, 0.1) is 11.3 Å². The van der Waals surface area contributed by atoms with E-state index in [1.807, 2.05) is 0 Å². The molecule has 2 aromatic heterocycles. The van der Waals surface area contributed by atoms with E-state index in [0.717, 1.165) is 0 Å². The zero-order valence-electron chi connectivity index (χ0n) is 13.7. The highest BCUT2D eigenvalue weighted by Crippen LogP contribution is 2.39. The lowest BCUT2D eigenvalue weighted by molar-refractivity contribution is 0.100. The monoisotopic (exact) mass is 409 g/mol. The third-order valence-corrected chi connectivity index (χ3v) is 5.19. The number of anilines is 1. The van der Waals surface area contributed by atoms with Gasteiger partial charge in [-0.25, -0.2) is 0 Å². The lowest BCUT2D eigenvalue weighted by Crippen LogP contribution is -2.18. The van der Waals surface area contributed by atoms with Gasteiger partial charge >= 0.3 is 0 Å². The highest BCUT2D eigenvalue weighted by atomic mass is 35.5. The third kappa shape index (κ3) is 3.33. The standard InChI is InChI=1S/C17H13Cl2N3O3S/c1-7-13(8(2)25-22-7)16(24)21-17-14(15(20)23)11(6-26-17)10-4-3-9(18)5-12(10)19/h3-6H,1-2H3,(H2,20,23)(H,21,24). The summed E-state index contributed by atoms with van der Waals surface area (Å²) in [5.74, 6) is -0.723. The smallest absolute Gasteiger partial charge is 0.261 e. The molecular formula is C17H13Cl2N3O3S. The molecule has 0 radical (unpaired) electrons. The van der Waals surface area contributed by atoms with Crippen LogP contribution in [0.4, 0.5) is 5.00 Å². The Hall–Kier alpha value is -2.35. The van der Waals surface area contributed by atoms with Crippen LogP contribution >= 0.6 is 34.5 Å². The number of hydrogen-bond donors (Lipinski definition) is 2. The normalized spacial score (nSPS) is 10.8. The molecule has 0 aliphatic rings. The molecule has 0 fully saturated rings. The first-order chi connectivity index (χ1) is 12.3. The van der Waals surface area contributed by atoms with Gasteiger partial charge in [-0.3, -0.25) is 9.59 Å². The average molecular weight is 410 g/mol. The van der Waals surface area contributed by atoms with Gasteiger partial charge in [-0.2, -0.15) is 0 Å². The fourth-order valence-electron chi connectivity index (χ4n) is 2.57. The first kappa shape index (κ1) is 18.4. The number of carbonyl (C=O) groups excluding carboxylic acids is 2. The predicted molar refractivity (Wildman–Crippen MR) is 102 cm³/mol. The first-order valence-corrected chi connectivity index (χ1v) is 9.04. The Morgan fingerprint density at radius 2 is 1.92 bits per heavy atom. The summed E-state index contributed by atoms with van der Waals surface area (Å²) in [7, 11) is 0. The molecule has 26 heavy (non-hydrogen) atoms. The van der Waals surface area contributed by atoms with Gasteiger partial charge in [0.1, 0.15) is 16.3 Å². The maximum Gasteiger partial charge on any atom is 0.261 e. The van der Waals surface area contributed by atoms with Gasteiger partial charge in [0, 0.05) is 26.6 Å². The van der Waals surface area contributed by atoms with Crippen molar-refractivity contribution >= 4 is 51.4 Å². The minimum atomic E-state index is -0.679. The minimum Gasteiger partial charge on any atom is -0.365 e. The van der Waals surface area contributed by atoms with Gasteiger partial charge in [0.2, 0.25) is 0 Å². The van der Waals surface area contributed by atoms with Crippen molar-refractivity contribution < 1.29 is 14.1 Å². The molecule has 0 unspecified atom stereocenters. The van der Waals surface area contributed by atoms with Crippen LogP contribution in [0.2, 0.25) is 10.0 Å². The lowest BCUT2D eigenvalue weighted by Gasteiger charge is -2.08. The molecule has 0 saturated carbocycles. The molecule has 0 spiro atoms. The zero-order chi connectivity index (χ0) is 19.0. The largest absolute Gasteiger partial charge is 0.365 e. The average Bonchev–Trinajstić information content (AvgIpc) is 3.11. The molecule has 0 atom stereocenters. The van der Waals surface area contributed by atoms with Crippen LogP contribution in [-0.2, 0) is 0 Å². The number of thiophene rings is 1. The molecule has 134 valence electrons. The maximum absolute atomic E-state index is 12.5. The third-order valence-electron chi connectivity index (χ3n) is 3.75. The number of primary amides is 1. The second kappa shape index (κ2) is 7.11. The number of halogens is 2. The molecule has 0 saturated heterocycles. The van der Waals surface area contributed by atoms with Crippen molar-refractivity contribution in [2.75, 3.05) is 5.32 Å². The molecule has 3 rings (SSSR count). The van der Waals surface area contributed by atoms with Crippen LogP contribution in [0.5, 0.6) is 0 Å². The highest BCUT2D eigenvalue weighted by molar-refractivity contribution is 7.15. The van der Waals surface area contributed by atoms with Gasteiger partial charge in [-0.1, -0.05) is 34.4 Å². The molecular weight excluding hydrogens is 397 g/mol. The minimum absolute atomic E-state index is 0.180. The van der Waals surface area contributed by atoms with Crippen molar-refractivity contribution in [3.05, 3.63) is 56.2 Å². The van der Waals surface area contributed by atoms with Crippen LogP contribution in [0.1, 0.15) is 32.2 Å². The molecule has 0 aliphatic heterocycles. The molecule has 2 amide bonds. The van der Waals surface area contributed by atoms with Gasteiger partial charge in [-0.15, -0.1) is 11.3 Å². The number of benzene rings is 1. The van der Waals surface area contributed by atoms with Crippen LogP contribution in [0.15, 0.2) is 28.1 Å². The molecule has 0 bridgehead atoms. The number of nitrogens with zero attached hydrogens (tertiary/aromatic N) is 1. The van der Waals surface area contributed by atoms with E-state index < -0.39 is 11.8 Å². The van der Waals surface area contributed by atoms with Crippen molar-refractivity contribution in [2.24, 2.45) is 5.73 Å². The van der Waals surface area contributed by atoms with Crippen LogP contribution in [0.3, 0.4) is 0 Å². The van der Waals surface area contributed by atoms with E-state index in [1.54, 1.807) is 37.4 Å². The molecule has 2 heterocycles. The van der Waals surface area contributed by atoms with Gasteiger partial charge < -0.3 is 15.6 Å². The summed E-state index contributed by atoms with van der Waals surface area (Å²) in [6, 6.07) is 4.93. The lowest BCUT2D eigenvalue weighted by atomic mass is 10.0. The summed E-state index contributed by atoms with van der Waals surface area (Å²) < 4.78 is 5.00. The summed E-state index contributed by atoms with van der Waals surface area (Å²) in [5.41, 5.74) is 7.63. The Labute approximate surface area is 162 Å². The first-order valence-electron chi connectivity index (χ1n) is 7.40. The molecule has 6 nitrogen and oxygen atoms in total. The number of amides is 2. The van der Waals surface area contributed by atoms with Gasteiger partial charge in [-0.05, 0) is 26.0 Å². The number of hydrogen-bond acceptors (Lipinski definition) is 5. The Balaban J connectivity index is 2.03. The Morgan fingerprint density at radius 1 is 1.19 bits per heavy atom. The number of aryl methyl sites for hydroxylation is 2. The van der Waals surface area contributed by atoms with E-state index in [0.29, 0.717) is 43.2 Å². The number of nitrogens with one attached hydrogen (secondary N) is 1. The van der Waals surface area contributed by atoms with Crippen LogP contribution in [0.25, 0.3) is 11.1 Å². The second-order valence-electron chi connectivity index (χ2n) is 5.50. The molecule has 9 heteroatoms. The van der Waals surface area contributed by atoms with Crippen LogP contribution in [0, 0.1) is 13.8 Å². The summed E-state index contributed by atoms with van der Waals surface area (Å²) in [5, 5.41) is 9.34.